The molecule has 0 saturated carbocycles. The lowest BCUT2D eigenvalue weighted by molar-refractivity contribution is 0.0432. The highest BCUT2D eigenvalue weighted by Gasteiger charge is 2.34. The summed E-state index contributed by atoms with van der Waals surface area (Å²) >= 11 is 0. The fourth-order valence-electron chi connectivity index (χ4n) is 3.36. The molecule has 2 aliphatic rings. The van der Waals surface area contributed by atoms with Crippen molar-refractivity contribution < 1.29 is 14.3 Å². The second kappa shape index (κ2) is 6.26. The van der Waals surface area contributed by atoms with Crippen molar-refractivity contribution in [1.29, 1.82) is 0 Å². The number of nitrogens with zero attached hydrogens (tertiary/aromatic N) is 2. The first kappa shape index (κ1) is 15.3. The van der Waals surface area contributed by atoms with Gasteiger partial charge in [0.15, 0.2) is 0 Å². The number of likely N-dealkylation sites (N-methyl/N-ethyl adjacent to an activating group) is 1. The zero-order valence-corrected chi connectivity index (χ0v) is 13.5. The maximum absolute atomic E-state index is 13.0. The van der Waals surface area contributed by atoms with Crippen molar-refractivity contribution >= 4 is 5.91 Å². The molecule has 5 nitrogen and oxygen atoms in total. The summed E-state index contributed by atoms with van der Waals surface area (Å²) in [5.74, 6) is 1.09. The Labute approximate surface area is 131 Å². The molecular formula is C17H24N2O3. The number of carbonyl (C=O) groups excluding carboxylic acids is 1. The summed E-state index contributed by atoms with van der Waals surface area (Å²) < 4.78 is 11.1. The van der Waals surface area contributed by atoms with Crippen LogP contribution < -0.4 is 4.74 Å². The van der Waals surface area contributed by atoms with Gasteiger partial charge in [0.05, 0.1) is 31.9 Å². The van der Waals surface area contributed by atoms with Gasteiger partial charge in [0, 0.05) is 25.6 Å². The molecule has 1 amide bonds. The first-order chi connectivity index (χ1) is 10.6. The Balaban J connectivity index is 1.86. The smallest absolute Gasteiger partial charge is 0.257 e. The summed E-state index contributed by atoms with van der Waals surface area (Å²) in [6, 6.07) is 6.02. The van der Waals surface area contributed by atoms with Gasteiger partial charge in [0.1, 0.15) is 5.75 Å². The van der Waals surface area contributed by atoms with E-state index in [2.05, 4.69) is 11.9 Å². The van der Waals surface area contributed by atoms with E-state index >= 15 is 0 Å². The van der Waals surface area contributed by atoms with E-state index < -0.39 is 0 Å². The molecule has 0 N–H and O–H groups in total. The number of amides is 1. The maximum atomic E-state index is 13.0. The Morgan fingerprint density at radius 3 is 2.86 bits per heavy atom. The zero-order valence-electron chi connectivity index (χ0n) is 13.5. The van der Waals surface area contributed by atoms with E-state index in [1.54, 1.807) is 7.11 Å². The van der Waals surface area contributed by atoms with Gasteiger partial charge in [-0.15, -0.1) is 0 Å². The van der Waals surface area contributed by atoms with Crippen LogP contribution in [0.25, 0.3) is 0 Å². The van der Waals surface area contributed by atoms with Crippen molar-refractivity contribution in [3.63, 3.8) is 0 Å². The predicted octanol–water partition coefficient (Wildman–Crippen LogP) is 1.41. The van der Waals surface area contributed by atoms with E-state index in [0.29, 0.717) is 30.4 Å². The Kier molecular flexibility index (Phi) is 4.36. The SMILES string of the molecule is COc1cc(C)ccc1C(=O)N1C[C@@H]2COC[C@H](C1)N(C)C2. The van der Waals surface area contributed by atoms with Gasteiger partial charge in [0.2, 0.25) is 0 Å². The lowest BCUT2D eigenvalue weighted by Gasteiger charge is -2.30. The van der Waals surface area contributed by atoms with Gasteiger partial charge in [-0.05, 0) is 31.7 Å². The summed E-state index contributed by atoms with van der Waals surface area (Å²) in [5, 5.41) is 0. The van der Waals surface area contributed by atoms with E-state index in [9.17, 15) is 4.79 Å². The number of benzene rings is 1. The van der Waals surface area contributed by atoms with Crippen molar-refractivity contribution in [2.45, 2.75) is 13.0 Å². The average Bonchev–Trinajstić information content (AvgIpc) is 2.74. The molecule has 22 heavy (non-hydrogen) atoms. The fraction of sp³-hybridized carbons (Fsp3) is 0.588. The fourth-order valence-corrected chi connectivity index (χ4v) is 3.36. The van der Waals surface area contributed by atoms with Crippen LogP contribution in [0.15, 0.2) is 18.2 Å². The van der Waals surface area contributed by atoms with Crippen LogP contribution in [-0.4, -0.2) is 68.8 Å². The van der Waals surface area contributed by atoms with E-state index in [1.165, 1.54) is 0 Å². The molecule has 0 aliphatic carbocycles. The predicted molar refractivity (Wildman–Crippen MR) is 84.4 cm³/mol. The van der Waals surface area contributed by atoms with Crippen molar-refractivity contribution in [3.05, 3.63) is 29.3 Å². The highest BCUT2D eigenvalue weighted by atomic mass is 16.5. The molecule has 2 fully saturated rings. The summed E-state index contributed by atoms with van der Waals surface area (Å²) in [4.78, 5) is 17.3. The van der Waals surface area contributed by atoms with Gasteiger partial charge in [-0.2, -0.15) is 0 Å². The Hall–Kier alpha value is -1.59. The number of hydrogen-bond donors (Lipinski definition) is 0. The Bertz CT molecular complexity index is 561. The van der Waals surface area contributed by atoms with Crippen molar-refractivity contribution in [2.24, 2.45) is 5.92 Å². The maximum Gasteiger partial charge on any atom is 0.257 e. The molecule has 2 bridgehead atoms. The normalized spacial score (nSPS) is 25.7. The van der Waals surface area contributed by atoms with E-state index in [-0.39, 0.29) is 11.9 Å². The van der Waals surface area contributed by atoms with Crippen molar-refractivity contribution in [2.75, 3.05) is 47.0 Å². The molecule has 2 atom stereocenters. The molecule has 3 rings (SSSR count). The lowest BCUT2D eigenvalue weighted by Crippen LogP contribution is -2.44. The quantitative estimate of drug-likeness (QED) is 0.828. The average molecular weight is 304 g/mol. The molecule has 0 unspecified atom stereocenters. The Morgan fingerprint density at radius 1 is 1.27 bits per heavy atom. The van der Waals surface area contributed by atoms with Gasteiger partial charge >= 0.3 is 0 Å². The van der Waals surface area contributed by atoms with Gasteiger partial charge < -0.3 is 14.4 Å². The van der Waals surface area contributed by atoms with Gasteiger partial charge in [-0.3, -0.25) is 9.69 Å². The minimum Gasteiger partial charge on any atom is -0.496 e. The molecule has 1 aromatic rings. The number of hydrogen-bond acceptors (Lipinski definition) is 4. The van der Waals surface area contributed by atoms with Crippen molar-refractivity contribution in [3.8, 4) is 5.75 Å². The van der Waals surface area contributed by atoms with Crippen LogP contribution in [0.4, 0.5) is 0 Å². The Morgan fingerprint density at radius 2 is 2.09 bits per heavy atom. The third-order valence-electron chi connectivity index (χ3n) is 4.62. The highest BCUT2D eigenvalue weighted by Crippen LogP contribution is 2.25. The van der Waals surface area contributed by atoms with Gasteiger partial charge in [0.25, 0.3) is 5.91 Å². The molecule has 120 valence electrons. The molecule has 2 aliphatic heterocycles. The summed E-state index contributed by atoms with van der Waals surface area (Å²) in [6.07, 6.45) is 0. The zero-order chi connectivity index (χ0) is 15.7. The molecule has 0 spiro atoms. The number of fused-ring (bicyclic) bond motifs is 3. The van der Waals surface area contributed by atoms with E-state index in [1.807, 2.05) is 30.0 Å². The number of ether oxygens (including phenoxy) is 2. The van der Waals surface area contributed by atoms with Crippen LogP contribution in [0, 0.1) is 12.8 Å². The number of methoxy groups -OCH3 is 1. The standard InChI is InChI=1S/C17H24N2O3/c1-12-4-5-15(16(6-12)21-3)17(20)19-8-13-7-18(2)14(9-19)11-22-10-13/h4-6,13-14H,7-11H2,1-3H3/t13-,14+/m1/s1. The number of aryl methyl sites for hydroxylation is 1. The first-order valence-electron chi connectivity index (χ1n) is 7.80. The van der Waals surface area contributed by atoms with Crippen LogP contribution in [0.1, 0.15) is 15.9 Å². The molecule has 0 radical (unpaired) electrons. The third kappa shape index (κ3) is 2.96. The largest absolute Gasteiger partial charge is 0.496 e. The second-order valence-corrected chi connectivity index (χ2v) is 6.41. The molecule has 0 aromatic heterocycles. The molecule has 2 saturated heterocycles. The summed E-state index contributed by atoms with van der Waals surface area (Å²) in [5.41, 5.74) is 1.74. The highest BCUT2D eigenvalue weighted by molar-refractivity contribution is 5.97. The minimum absolute atomic E-state index is 0.0593. The minimum atomic E-state index is 0.0593. The van der Waals surface area contributed by atoms with E-state index in [0.717, 1.165) is 25.3 Å². The molecule has 5 heteroatoms. The van der Waals surface area contributed by atoms with Crippen molar-refractivity contribution in [1.82, 2.24) is 9.80 Å². The third-order valence-corrected chi connectivity index (χ3v) is 4.62. The van der Waals surface area contributed by atoms with Gasteiger partial charge in [-0.25, -0.2) is 0 Å². The topological polar surface area (TPSA) is 42.0 Å². The monoisotopic (exact) mass is 304 g/mol. The lowest BCUT2D eigenvalue weighted by atomic mass is 10.1. The van der Waals surface area contributed by atoms with E-state index in [4.69, 9.17) is 9.47 Å². The molecule has 2 heterocycles. The molecule has 1 aromatic carbocycles. The molecular weight excluding hydrogens is 280 g/mol. The van der Waals surface area contributed by atoms with Crippen LogP contribution in [0.3, 0.4) is 0 Å². The second-order valence-electron chi connectivity index (χ2n) is 6.41. The van der Waals surface area contributed by atoms with Gasteiger partial charge in [-0.1, -0.05) is 6.07 Å². The number of rotatable bonds is 2. The van der Waals surface area contributed by atoms with Crippen LogP contribution in [-0.2, 0) is 4.74 Å². The van der Waals surface area contributed by atoms with Crippen LogP contribution in [0.2, 0.25) is 0 Å². The summed E-state index contributed by atoms with van der Waals surface area (Å²) in [6.45, 7) is 5.87. The van der Waals surface area contributed by atoms with Crippen LogP contribution >= 0.6 is 0 Å². The summed E-state index contributed by atoms with van der Waals surface area (Å²) in [7, 11) is 3.73. The van der Waals surface area contributed by atoms with Crippen LogP contribution in [0.5, 0.6) is 5.75 Å². The first-order valence-corrected chi connectivity index (χ1v) is 7.80. The number of carbonyl (C=O) groups is 1.